The number of hydrazine groups is 1. The van der Waals surface area contributed by atoms with Gasteiger partial charge in [-0.05, 0) is 35.9 Å². The Labute approximate surface area is 185 Å². The van der Waals surface area contributed by atoms with Crippen LogP contribution in [0.2, 0.25) is 15.1 Å². The first-order valence-corrected chi connectivity index (χ1v) is 8.84. The van der Waals surface area contributed by atoms with Gasteiger partial charge in [-0.25, -0.2) is 9.82 Å². The molecule has 0 radical (unpaired) electrons. The molecule has 0 fully saturated rings. The molecule has 2 aromatic rings. The molecule has 158 valence electrons. The van der Waals surface area contributed by atoms with Gasteiger partial charge in [0.2, 0.25) is 0 Å². The molecule has 2 aromatic carbocycles. The van der Waals surface area contributed by atoms with E-state index in [4.69, 9.17) is 34.8 Å². The number of halogens is 8. The van der Waals surface area contributed by atoms with E-state index in [0.717, 1.165) is 12.1 Å². The lowest BCUT2D eigenvalue weighted by atomic mass is 9.96. The Morgan fingerprint density at radius 1 is 1.03 bits per heavy atom. The van der Waals surface area contributed by atoms with Gasteiger partial charge in [0.15, 0.2) is 0 Å². The van der Waals surface area contributed by atoms with Crippen LogP contribution in [0.5, 0.6) is 0 Å². The lowest BCUT2D eigenvalue weighted by Crippen LogP contribution is -2.34. The molecule has 0 heterocycles. The smallest absolute Gasteiger partial charge is 0.288 e. The van der Waals surface area contributed by atoms with E-state index in [1.165, 1.54) is 31.3 Å². The summed E-state index contributed by atoms with van der Waals surface area (Å²) in [6, 6.07) is 6.95. The number of allylic oxidation sites excluding steroid dienone is 1. The fourth-order valence-corrected chi connectivity index (χ4v) is 2.96. The monoisotopic (exact) mass is 490 g/mol. The van der Waals surface area contributed by atoms with Gasteiger partial charge in [0, 0.05) is 18.2 Å². The van der Waals surface area contributed by atoms with Crippen LogP contribution in [-0.2, 0) is 0 Å². The van der Waals surface area contributed by atoms with Crippen molar-refractivity contribution in [2.24, 2.45) is 0 Å². The van der Waals surface area contributed by atoms with Crippen LogP contribution >= 0.6 is 47.2 Å². The average molecular weight is 492 g/mol. The van der Waals surface area contributed by atoms with Crippen LogP contribution in [0.3, 0.4) is 0 Å². The molecule has 2 rings (SSSR count). The third-order valence-corrected chi connectivity index (χ3v) is 4.89. The van der Waals surface area contributed by atoms with E-state index in [2.05, 4.69) is 10.9 Å². The zero-order valence-corrected chi connectivity index (χ0v) is 17.7. The van der Waals surface area contributed by atoms with Gasteiger partial charge in [-0.15, -0.1) is 12.4 Å². The minimum Gasteiger partial charge on any atom is -0.288 e. The fraction of sp³-hybridized carbons (Fsp3) is 0.167. The van der Waals surface area contributed by atoms with Crippen molar-refractivity contribution >= 4 is 58.9 Å². The Kier molecular flexibility index (Phi) is 9.24. The quantitative estimate of drug-likeness (QED) is 0.281. The third kappa shape index (κ3) is 6.49. The lowest BCUT2D eigenvalue weighted by Gasteiger charge is -2.19. The number of amides is 1. The summed E-state index contributed by atoms with van der Waals surface area (Å²) in [5.41, 5.74) is 4.48. The summed E-state index contributed by atoms with van der Waals surface area (Å²) < 4.78 is 55.0. The van der Waals surface area contributed by atoms with Gasteiger partial charge < -0.3 is 0 Å². The van der Waals surface area contributed by atoms with Crippen LogP contribution in [0.4, 0.5) is 17.6 Å². The van der Waals surface area contributed by atoms with Crippen molar-refractivity contribution in [2.45, 2.75) is 12.1 Å². The zero-order valence-electron chi connectivity index (χ0n) is 14.6. The van der Waals surface area contributed by atoms with E-state index in [0.29, 0.717) is 6.08 Å². The molecule has 29 heavy (non-hydrogen) atoms. The van der Waals surface area contributed by atoms with Crippen LogP contribution in [0.25, 0.3) is 5.83 Å². The summed E-state index contributed by atoms with van der Waals surface area (Å²) in [5, 5.41) is -0.438. The summed E-state index contributed by atoms with van der Waals surface area (Å²) in [7, 11) is 1.49. The highest BCUT2D eigenvalue weighted by molar-refractivity contribution is 6.48. The van der Waals surface area contributed by atoms with Crippen molar-refractivity contribution in [3.05, 3.63) is 74.2 Å². The number of hydrogen-bond acceptors (Lipinski definition) is 2. The fourth-order valence-electron chi connectivity index (χ4n) is 2.34. The molecule has 0 spiro atoms. The van der Waals surface area contributed by atoms with E-state index in [9.17, 15) is 22.4 Å². The van der Waals surface area contributed by atoms with Crippen molar-refractivity contribution in [1.29, 1.82) is 0 Å². The van der Waals surface area contributed by atoms with E-state index in [1.54, 1.807) is 0 Å². The molecule has 0 saturated heterocycles. The van der Waals surface area contributed by atoms with E-state index in [-0.39, 0.29) is 44.2 Å². The standard InChI is InChI=1S/C18H13Cl3F4N2O.ClH/c1-26-27-17(28)10-4-2-9(3-5-10)15(22)8-12(18(23,24)25)11-6-13(19)16(21)14(20)7-11;/h2-8,12,26H,1H3,(H,27,28);1H/b15-8-;. The summed E-state index contributed by atoms with van der Waals surface area (Å²) in [6.07, 6.45) is -4.39. The van der Waals surface area contributed by atoms with Gasteiger partial charge in [-0.2, -0.15) is 13.2 Å². The number of carbonyl (C=O) groups excluding carboxylic acids is 1. The molecule has 0 saturated carbocycles. The van der Waals surface area contributed by atoms with Gasteiger partial charge in [-0.3, -0.25) is 10.2 Å². The molecular formula is C18H14Cl4F4N2O. The van der Waals surface area contributed by atoms with E-state index < -0.39 is 23.8 Å². The normalized spacial score (nSPS) is 12.9. The van der Waals surface area contributed by atoms with Crippen molar-refractivity contribution in [3.8, 4) is 0 Å². The molecule has 0 aliphatic carbocycles. The van der Waals surface area contributed by atoms with Crippen molar-refractivity contribution in [2.75, 3.05) is 7.05 Å². The largest absolute Gasteiger partial charge is 0.399 e. The summed E-state index contributed by atoms with van der Waals surface area (Å²) in [6.45, 7) is 0. The molecular weight excluding hydrogens is 478 g/mol. The molecule has 2 N–H and O–H groups in total. The second kappa shape index (κ2) is 10.5. The second-order valence-electron chi connectivity index (χ2n) is 5.61. The highest BCUT2D eigenvalue weighted by Gasteiger charge is 2.40. The van der Waals surface area contributed by atoms with Crippen LogP contribution in [0.15, 0.2) is 42.5 Å². The van der Waals surface area contributed by atoms with Crippen molar-refractivity contribution in [1.82, 2.24) is 10.9 Å². The first kappa shape index (κ1) is 25.5. The molecule has 0 bridgehead atoms. The number of benzene rings is 2. The molecule has 1 atom stereocenters. The number of nitrogens with one attached hydrogen (secondary N) is 2. The first-order chi connectivity index (χ1) is 13.0. The topological polar surface area (TPSA) is 41.1 Å². The molecule has 3 nitrogen and oxygen atoms in total. The number of carbonyl (C=O) groups is 1. The molecule has 1 amide bonds. The maximum atomic E-state index is 14.5. The lowest BCUT2D eigenvalue weighted by molar-refractivity contribution is -0.139. The number of hydrogen-bond donors (Lipinski definition) is 2. The predicted octanol–water partition coefficient (Wildman–Crippen LogP) is 6.59. The molecule has 11 heteroatoms. The summed E-state index contributed by atoms with van der Waals surface area (Å²) in [5.74, 6) is -3.89. The van der Waals surface area contributed by atoms with Gasteiger partial charge >= 0.3 is 6.18 Å². The Morgan fingerprint density at radius 2 is 1.52 bits per heavy atom. The highest BCUT2D eigenvalue weighted by atomic mass is 35.5. The second-order valence-corrected chi connectivity index (χ2v) is 6.81. The van der Waals surface area contributed by atoms with E-state index >= 15 is 0 Å². The minimum absolute atomic E-state index is 0. The number of alkyl halides is 3. The maximum Gasteiger partial charge on any atom is 0.399 e. The SMILES string of the molecule is CNNC(=O)c1ccc(/C(F)=C/C(c2cc(Cl)c(Cl)c(Cl)c2)C(F)(F)F)cc1.Cl. The van der Waals surface area contributed by atoms with Crippen LogP contribution in [0, 0.1) is 0 Å². The molecule has 1 unspecified atom stereocenters. The maximum absolute atomic E-state index is 14.5. The van der Waals surface area contributed by atoms with Gasteiger partial charge in [0.1, 0.15) is 11.7 Å². The van der Waals surface area contributed by atoms with Gasteiger partial charge in [-0.1, -0.05) is 46.9 Å². The van der Waals surface area contributed by atoms with Crippen LogP contribution < -0.4 is 10.9 Å². The Balaban J connectivity index is 0.00000420. The molecule has 0 aliphatic rings. The Hall–Kier alpha value is -1.51. The summed E-state index contributed by atoms with van der Waals surface area (Å²) >= 11 is 17.4. The van der Waals surface area contributed by atoms with Crippen molar-refractivity contribution in [3.63, 3.8) is 0 Å². The average Bonchev–Trinajstić information content (AvgIpc) is 2.63. The third-order valence-electron chi connectivity index (χ3n) is 3.69. The van der Waals surface area contributed by atoms with Gasteiger partial charge in [0.25, 0.3) is 5.91 Å². The summed E-state index contributed by atoms with van der Waals surface area (Å²) in [4.78, 5) is 11.6. The van der Waals surface area contributed by atoms with Crippen LogP contribution in [-0.4, -0.2) is 19.1 Å². The molecule has 0 aromatic heterocycles. The van der Waals surface area contributed by atoms with Crippen LogP contribution in [0.1, 0.15) is 27.4 Å². The predicted molar refractivity (Wildman–Crippen MR) is 110 cm³/mol. The minimum atomic E-state index is -4.80. The van der Waals surface area contributed by atoms with E-state index in [1.807, 2.05) is 0 Å². The zero-order chi connectivity index (χ0) is 21.1. The van der Waals surface area contributed by atoms with Gasteiger partial charge in [0.05, 0.1) is 15.1 Å². The first-order valence-electron chi connectivity index (χ1n) is 7.70. The highest BCUT2D eigenvalue weighted by Crippen LogP contribution is 2.42. The Morgan fingerprint density at radius 3 is 1.97 bits per heavy atom. The van der Waals surface area contributed by atoms with Crippen molar-refractivity contribution < 1.29 is 22.4 Å². The Bertz CT molecular complexity index is 879. The number of rotatable bonds is 5. The molecule has 0 aliphatic heterocycles.